The van der Waals surface area contributed by atoms with Gasteiger partial charge in [-0.15, -0.1) is 0 Å². The van der Waals surface area contributed by atoms with Crippen LogP contribution in [-0.2, 0) is 9.59 Å². The first kappa shape index (κ1) is 18.9. The Bertz CT molecular complexity index is 986. The second kappa shape index (κ2) is 6.87. The van der Waals surface area contributed by atoms with Gasteiger partial charge >= 0.3 is 5.97 Å². The number of anilines is 1. The molecular weight excluding hydrogens is 398 g/mol. The van der Waals surface area contributed by atoms with Crippen LogP contribution >= 0.6 is 22.9 Å². The van der Waals surface area contributed by atoms with Gasteiger partial charge in [0.2, 0.25) is 5.91 Å². The molecule has 28 heavy (non-hydrogen) atoms. The van der Waals surface area contributed by atoms with Crippen molar-refractivity contribution in [3.05, 3.63) is 34.2 Å². The number of carboxylic acids is 1. The van der Waals surface area contributed by atoms with E-state index in [1.807, 2.05) is 6.07 Å². The number of aliphatic carboxylic acids is 1. The SMILES string of the molecule is N#Cc1sc(NC(=O)C23CCC(C(=O)O)(CC2)CC3)nc1-c1cccc(Cl)c1. The molecule has 6 nitrogen and oxygen atoms in total. The van der Waals surface area contributed by atoms with Crippen molar-refractivity contribution in [2.24, 2.45) is 10.8 Å². The summed E-state index contributed by atoms with van der Waals surface area (Å²) >= 11 is 7.18. The molecule has 1 aromatic heterocycles. The summed E-state index contributed by atoms with van der Waals surface area (Å²) in [5.41, 5.74) is 0.0311. The van der Waals surface area contributed by atoms with E-state index in [0.29, 0.717) is 59.3 Å². The van der Waals surface area contributed by atoms with Crippen LogP contribution < -0.4 is 5.32 Å². The minimum Gasteiger partial charge on any atom is -0.481 e. The van der Waals surface area contributed by atoms with Crippen LogP contribution in [0.1, 0.15) is 43.4 Å². The molecule has 1 heterocycles. The van der Waals surface area contributed by atoms with E-state index in [0.717, 1.165) is 16.9 Å². The highest BCUT2D eigenvalue weighted by molar-refractivity contribution is 7.16. The van der Waals surface area contributed by atoms with E-state index >= 15 is 0 Å². The highest BCUT2D eigenvalue weighted by Crippen LogP contribution is 2.57. The lowest BCUT2D eigenvalue weighted by molar-refractivity contribution is -0.162. The molecule has 2 N–H and O–H groups in total. The van der Waals surface area contributed by atoms with Crippen molar-refractivity contribution >= 4 is 39.9 Å². The Morgan fingerprint density at radius 3 is 2.39 bits per heavy atom. The summed E-state index contributed by atoms with van der Waals surface area (Å²) in [5, 5.41) is 22.8. The number of carboxylic acid groups (broad SMARTS) is 1. The zero-order valence-electron chi connectivity index (χ0n) is 15.0. The number of fused-ring (bicyclic) bond motifs is 3. The van der Waals surface area contributed by atoms with Crippen molar-refractivity contribution in [3.8, 4) is 17.3 Å². The van der Waals surface area contributed by atoms with Crippen molar-refractivity contribution in [2.45, 2.75) is 38.5 Å². The average Bonchev–Trinajstić information content (AvgIpc) is 3.12. The summed E-state index contributed by atoms with van der Waals surface area (Å²) in [6, 6.07) is 9.21. The maximum absolute atomic E-state index is 13.0. The van der Waals surface area contributed by atoms with Crippen molar-refractivity contribution in [1.29, 1.82) is 5.26 Å². The fourth-order valence-corrected chi connectivity index (χ4v) is 5.33. The van der Waals surface area contributed by atoms with E-state index < -0.39 is 16.8 Å². The van der Waals surface area contributed by atoms with Crippen LogP contribution in [-0.4, -0.2) is 22.0 Å². The molecule has 0 spiro atoms. The number of hydrogen-bond acceptors (Lipinski definition) is 5. The molecule has 3 fully saturated rings. The summed E-state index contributed by atoms with van der Waals surface area (Å²) in [6.45, 7) is 0. The minimum atomic E-state index is -0.744. The lowest BCUT2D eigenvalue weighted by atomic mass is 9.53. The first-order valence-corrected chi connectivity index (χ1v) is 10.3. The van der Waals surface area contributed by atoms with Crippen LogP contribution in [0.4, 0.5) is 5.13 Å². The predicted molar refractivity (Wildman–Crippen MR) is 106 cm³/mol. The zero-order chi connectivity index (χ0) is 19.9. The van der Waals surface area contributed by atoms with Gasteiger partial charge in [0.25, 0.3) is 0 Å². The molecule has 2 aromatic rings. The van der Waals surface area contributed by atoms with Gasteiger partial charge in [-0.05, 0) is 50.7 Å². The van der Waals surface area contributed by atoms with E-state index in [-0.39, 0.29) is 5.91 Å². The van der Waals surface area contributed by atoms with Crippen LogP contribution in [0.2, 0.25) is 5.02 Å². The highest BCUT2D eigenvalue weighted by atomic mass is 35.5. The molecule has 0 aliphatic heterocycles. The Kier molecular flexibility index (Phi) is 4.64. The number of halogens is 1. The Balaban J connectivity index is 1.55. The van der Waals surface area contributed by atoms with Gasteiger partial charge in [0.1, 0.15) is 16.6 Å². The summed E-state index contributed by atoms with van der Waals surface area (Å²) in [4.78, 5) is 29.5. The first-order chi connectivity index (χ1) is 13.4. The van der Waals surface area contributed by atoms with E-state index in [2.05, 4.69) is 16.4 Å². The van der Waals surface area contributed by atoms with E-state index in [9.17, 15) is 20.0 Å². The maximum atomic E-state index is 13.0. The van der Waals surface area contributed by atoms with E-state index in [4.69, 9.17) is 11.6 Å². The van der Waals surface area contributed by atoms with Gasteiger partial charge in [-0.25, -0.2) is 4.98 Å². The van der Waals surface area contributed by atoms with Crippen molar-refractivity contribution in [2.75, 3.05) is 5.32 Å². The third-order valence-electron chi connectivity index (χ3n) is 6.23. The van der Waals surface area contributed by atoms with Crippen LogP contribution in [0.25, 0.3) is 11.3 Å². The van der Waals surface area contributed by atoms with Gasteiger partial charge in [-0.3, -0.25) is 9.59 Å². The lowest BCUT2D eigenvalue weighted by Crippen LogP contribution is -2.50. The number of nitrogens with zero attached hydrogens (tertiary/aromatic N) is 2. The molecule has 2 bridgehead atoms. The minimum absolute atomic E-state index is 0.123. The summed E-state index contributed by atoms with van der Waals surface area (Å²) in [6.07, 6.45) is 3.31. The van der Waals surface area contributed by atoms with Gasteiger partial charge < -0.3 is 10.4 Å². The fraction of sp³-hybridized carbons (Fsp3) is 0.400. The Hall–Kier alpha value is -2.43. The molecular formula is C20H18ClN3O3S. The van der Waals surface area contributed by atoms with Gasteiger partial charge in [0, 0.05) is 16.0 Å². The number of nitriles is 1. The predicted octanol–water partition coefficient (Wildman–Crippen LogP) is 4.70. The maximum Gasteiger partial charge on any atom is 0.309 e. The smallest absolute Gasteiger partial charge is 0.309 e. The molecule has 0 radical (unpaired) electrons. The van der Waals surface area contributed by atoms with E-state index in [1.165, 1.54) is 0 Å². The molecule has 3 aliphatic rings. The molecule has 144 valence electrons. The van der Waals surface area contributed by atoms with Crippen LogP contribution in [0, 0.1) is 22.2 Å². The molecule has 8 heteroatoms. The number of aromatic nitrogens is 1. The summed E-state index contributed by atoms with van der Waals surface area (Å²) < 4.78 is 0. The molecule has 3 saturated carbocycles. The Labute approximate surface area is 171 Å². The lowest BCUT2D eigenvalue weighted by Gasteiger charge is -2.50. The van der Waals surface area contributed by atoms with Gasteiger partial charge in [-0.2, -0.15) is 5.26 Å². The van der Waals surface area contributed by atoms with Crippen LogP contribution in [0.5, 0.6) is 0 Å². The number of carbonyl (C=O) groups excluding carboxylic acids is 1. The Morgan fingerprint density at radius 2 is 1.82 bits per heavy atom. The van der Waals surface area contributed by atoms with E-state index in [1.54, 1.807) is 18.2 Å². The number of thiazole rings is 1. The third kappa shape index (κ3) is 3.07. The zero-order valence-corrected chi connectivity index (χ0v) is 16.6. The molecule has 0 unspecified atom stereocenters. The van der Waals surface area contributed by atoms with Gasteiger partial charge in [0.05, 0.1) is 5.41 Å². The fourth-order valence-electron chi connectivity index (χ4n) is 4.36. The third-order valence-corrected chi connectivity index (χ3v) is 7.34. The number of rotatable bonds is 4. The van der Waals surface area contributed by atoms with Crippen LogP contribution in [0.15, 0.2) is 24.3 Å². The largest absolute Gasteiger partial charge is 0.481 e. The van der Waals surface area contributed by atoms with Crippen molar-refractivity contribution < 1.29 is 14.7 Å². The second-order valence-electron chi connectivity index (χ2n) is 7.64. The number of nitrogens with one attached hydrogen (secondary N) is 1. The Morgan fingerprint density at radius 1 is 1.18 bits per heavy atom. The van der Waals surface area contributed by atoms with Crippen molar-refractivity contribution in [1.82, 2.24) is 4.98 Å². The van der Waals surface area contributed by atoms with Gasteiger partial charge in [0.15, 0.2) is 5.13 Å². The molecule has 5 rings (SSSR count). The molecule has 1 amide bonds. The quantitative estimate of drug-likeness (QED) is 0.753. The number of carbonyl (C=O) groups is 2. The molecule has 0 atom stereocenters. The topological polar surface area (TPSA) is 103 Å². The monoisotopic (exact) mass is 415 g/mol. The van der Waals surface area contributed by atoms with Crippen molar-refractivity contribution in [3.63, 3.8) is 0 Å². The number of amides is 1. The highest BCUT2D eigenvalue weighted by Gasteiger charge is 2.55. The standard InChI is InChI=1S/C20H18ClN3O3S/c21-13-3-1-2-12(10-13)15-14(11-22)28-18(23-15)24-16(25)19-4-7-20(8-5-19,9-6-19)17(26)27/h1-3,10H,4-9H2,(H,26,27)(H,23,24,25). The molecule has 1 aromatic carbocycles. The molecule has 0 saturated heterocycles. The summed E-state index contributed by atoms with van der Waals surface area (Å²) in [5.74, 6) is -0.868. The number of hydrogen-bond donors (Lipinski definition) is 2. The molecule has 3 aliphatic carbocycles. The first-order valence-electron chi connectivity index (χ1n) is 9.09. The number of benzene rings is 1. The average molecular weight is 416 g/mol. The van der Waals surface area contributed by atoms with Crippen LogP contribution in [0.3, 0.4) is 0 Å². The normalized spacial score (nSPS) is 25.9. The summed E-state index contributed by atoms with van der Waals surface area (Å²) in [7, 11) is 0. The van der Waals surface area contributed by atoms with Gasteiger partial charge in [-0.1, -0.05) is 35.1 Å². The second-order valence-corrected chi connectivity index (χ2v) is 9.07.